The van der Waals surface area contributed by atoms with Crippen LogP contribution in [0.15, 0.2) is 137 Å². The van der Waals surface area contributed by atoms with Gasteiger partial charge in [0.05, 0.1) is 19.6 Å². The van der Waals surface area contributed by atoms with Gasteiger partial charge in [0.15, 0.2) is 0 Å². The minimum absolute atomic E-state index is 0. The quantitative estimate of drug-likeness (QED) is 0.0851. The zero-order chi connectivity index (χ0) is 47.1. The number of nitrogens with one attached hydrogen (secondary N) is 4. The van der Waals surface area contributed by atoms with E-state index in [1.165, 1.54) is 72.8 Å². The predicted octanol–water partition coefficient (Wildman–Crippen LogP) is 2.18. The maximum absolute atomic E-state index is 12.4. The third kappa shape index (κ3) is 14.7. The second-order valence-electron chi connectivity index (χ2n) is 11.7. The number of nitrogens with zero attached hydrogens (tertiary/aromatic N) is 6. The number of anilines is 2. The van der Waals surface area contributed by atoms with Gasteiger partial charge in [0.1, 0.15) is 0 Å². The van der Waals surface area contributed by atoms with Crippen molar-refractivity contribution in [3.8, 4) is 0 Å². The van der Waals surface area contributed by atoms with Gasteiger partial charge >= 0.3 is 31.5 Å². The number of amides is 4. The zero-order valence-electron chi connectivity index (χ0n) is 31.9. The fourth-order valence-electron chi connectivity index (χ4n) is 4.31. The van der Waals surface area contributed by atoms with Crippen molar-refractivity contribution in [3.05, 3.63) is 119 Å². The van der Waals surface area contributed by atoms with E-state index in [2.05, 4.69) is 40.5 Å². The number of nitrogens with two attached hydrogens (primary N) is 2. The Morgan fingerprint density at radius 2 is 0.754 bits per heavy atom. The normalized spacial score (nSPS) is 12.0. The van der Waals surface area contributed by atoms with Crippen LogP contribution in [-0.4, -0.2) is 83.0 Å². The first-order valence-corrected chi connectivity index (χ1v) is 27.0. The Bertz CT molecular complexity index is 3140. The van der Waals surface area contributed by atoms with Crippen molar-refractivity contribution >= 4 is 117 Å². The molecule has 2 heterocycles. The van der Waals surface area contributed by atoms with E-state index in [9.17, 15) is 60.1 Å². The van der Waals surface area contributed by atoms with Crippen LogP contribution in [0.2, 0.25) is 0 Å². The fraction of sp³-hybridized carbons (Fsp3) is 0. The molecule has 6 aromatic rings. The van der Waals surface area contributed by atoms with Crippen molar-refractivity contribution in [2.75, 3.05) is 10.6 Å². The van der Waals surface area contributed by atoms with Gasteiger partial charge in [-0.15, -0.1) is 22.7 Å². The first kappa shape index (κ1) is 52.0. The van der Waals surface area contributed by atoms with Crippen LogP contribution < -0.4 is 30.4 Å². The number of urea groups is 2. The molecule has 0 spiro atoms. The molecule has 65 heavy (non-hydrogen) atoms. The van der Waals surface area contributed by atoms with Crippen molar-refractivity contribution in [3.63, 3.8) is 0 Å². The third-order valence-corrected chi connectivity index (χ3v) is 16.8. The van der Waals surface area contributed by atoms with Crippen LogP contribution in [0.5, 0.6) is 0 Å². The topological polar surface area (TPSA) is 419 Å². The molecule has 0 saturated heterocycles. The summed E-state index contributed by atoms with van der Waals surface area (Å²) in [4.78, 5) is 23.2. The number of hydrogen-bond donors (Lipinski definition) is 6. The summed E-state index contributed by atoms with van der Waals surface area (Å²) < 4.78 is 152. The summed E-state index contributed by atoms with van der Waals surface area (Å²) in [5.41, 5.74) is 0.189. The Balaban J connectivity index is 0.000000280. The van der Waals surface area contributed by atoms with E-state index in [-0.39, 0.29) is 50.4 Å². The zero-order valence-corrected chi connectivity index (χ0v) is 41.4. The molecule has 0 atom stereocenters. The van der Waals surface area contributed by atoms with Gasteiger partial charge in [0, 0.05) is 21.6 Å². The molecule has 0 aliphatic heterocycles. The first-order chi connectivity index (χ1) is 29.7. The summed E-state index contributed by atoms with van der Waals surface area (Å²) in [5.74, 6) is 0. The number of carbonyl (C=O) groups is 2. The Kier molecular flexibility index (Phi) is 16.6. The fourth-order valence-corrected chi connectivity index (χ4v) is 11.0. The second-order valence-corrected chi connectivity index (χ2v) is 23.7. The van der Waals surface area contributed by atoms with E-state index in [0.717, 1.165) is 24.3 Å². The number of carbonyl (C=O) groups excluding carboxylic acids is 2. The van der Waals surface area contributed by atoms with Crippen LogP contribution in [-0.2, 0) is 79.6 Å². The number of sulfonamides is 6. The Morgan fingerprint density at radius 3 is 1.03 bits per heavy atom. The molecule has 2 aromatic heterocycles. The molecular weight excluding hydrogens is 1070 g/mol. The molecule has 4 aromatic carbocycles. The van der Waals surface area contributed by atoms with Crippen LogP contribution in [0.4, 0.5) is 31.2 Å². The van der Waals surface area contributed by atoms with Gasteiger partial charge in [-0.3, -0.25) is 0 Å². The van der Waals surface area contributed by atoms with E-state index in [4.69, 9.17) is 10.3 Å². The predicted molar refractivity (Wildman–Crippen MR) is 227 cm³/mol. The van der Waals surface area contributed by atoms with Crippen molar-refractivity contribution in [1.82, 2.24) is 29.8 Å². The van der Waals surface area contributed by atoms with Gasteiger partial charge in [0.25, 0.3) is 40.1 Å². The van der Waals surface area contributed by atoms with Crippen molar-refractivity contribution in [2.24, 2.45) is 10.3 Å². The largest absolute Gasteiger partial charge is 2.00 e. The van der Waals surface area contributed by atoms with Gasteiger partial charge in [-0.05, 0) is 72.8 Å². The van der Waals surface area contributed by atoms with Crippen LogP contribution in [0.3, 0.4) is 0 Å². The first-order valence-electron chi connectivity index (χ1n) is 16.4. The van der Waals surface area contributed by atoms with E-state index in [1.807, 2.05) is 9.44 Å². The third-order valence-electron chi connectivity index (χ3n) is 7.06. The molecule has 0 saturated carbocycles. The molecule has 26 nitrogen and oxygen atoms in total. The molecule has 0 aliphatic carbocycles. The maximum atomic E-state index is 12.4. The summed E-state index contributed by atoms with van der Waals surface area (Å²) in [7, 11) is -25.0. The van der Waals surface area contributed by atoms with Gasteiger partial charge in [-0.25, -0.2) is 90.0 Å². The summed E-state index contributed by atoms with van der Waals surface area (Å²) >= 11 is 0.746. The van der Waals surface area contributed by atoms with Gasteiger partial charge in [-0.1, -0.05) is 36.4 Å². The number of aromatic nitrogens is 4. The average molecular weight is 1100 g/mol. The molecule has 35 heteroatoms. The smallest absolute Gasteiger partial charge is 0.342 e. The monoisotopic (exact) mass is 1100 g/mol. The van der Waals surface area contributed by atoms with Crippen molar-refractivity contribution < 1.29 is 79.6 Å². The number of benzene rings is 4. The number of primary sulfonamides is 2. The van der Waals surface area contributed by atoms with Crippen LogP contribution in [0.1, 0.15) is 0 Å². The maximum Gasteiger partial charge on any atom is 2.00 e. The van der Waals surface area contributed by atoms with E-state index in [1.54, 1.807) is 12.1 Å². The SMILES string of the molecule is NS(=O)(=O)c1nnc([N-]S(=O)(=O)c2ccc(NC(=O)NS(=O)(=O)c3ccccc3)cc2)s1.NS(=O)(=O)c1nnc([N-]S(=O)(=O)c2ccc(NC(=O)NS(=O)(=O)c3ccccc3)cc2)s1.[Zn+2]. The summed E-state index contributed by atoms with van der Waals surface area (Å²) in [6.07, 6.45) is 0. The Labute approximate surface area is 390 Å². The van der Waals surface area contributed by atoms with E-state index in [0.29, 0.717) is 22.7 Å². The molecule has 0 bridgehead atoms. The Morgan fingerprint density at radius 1 is 0.446 bits per heavy atom. The van der Waals surface area contributed by atoms with E-state index >= 15 is 0 Å². The van der Waals surface area contributed by atoms with Crippen LogP contribution >= 0.6 is 22.7 Å². The number of hydrogen-bond acceptors (Lipinski definition) is 20. The molecule has 0 fully saturated rings. The van der Waals surface area contributed by atoms with Gasteiger partial charge < -0.3 is 30.3 Å². The molecule has 8 N–H and O–H groups in total. The van der Waals surface area contributed by atoms with Gasteiger partial charge in [-0.2, -0.15) is 0 Å². The Hall–Kier alpha value is -5.62. The average Bonchev–Trinajstić information content (AvgIpc) is 3.89. The molecule has 0 aliphatic rings. The summed E-state index contributed by atoms with van der Waals surface area (Å²) in [6.45, 7) is 0. The van der Waals surface area contributed by atoms with E-state index < -0.39 is 91.1 Å². The molecule has 0 radical (unpaired) electrons. The molecule has 6 rings (SSSR count). The van der Waals surface area contributed by atoms with Crippen molar-refractivity contribution in [2.45, 2.75) is 28.3 Å². The number of rotatable bonds is 14. The standard InChI is InChI=1S/2C15H14N6O7S4.Zn/c2*16-30(23,24)15-19-18-14(29-15)21-32(27,28)12-8-6-10(7-9-12)17-13(22)20-31(25,26)11-4-2-1-3-5-11;/h2*1-9H,(H5,16,17,18,20,21,22,23,24);/q;;+2/p-2. The molecule has 0 unspecified atom stereocenters. The van der Waals surface area contributed by atoms with Gasteiger partial charge in [0.2, 0.25) is 28.7 Å². The molecule has 340 valence electrons. The minimum atomic E-state index is -4.28. The van der Waals surface area contributed by atoms with Crippen molar-refractivity contribution in [1.29, 1.82) is 0 Å². The summed E-state index contributed by atoms with van der Waals surface area (Å²) in [5, 5.41) is 26.6. The van der Waals surface area contributed by atoms with Crippen LogP contribution in [0, 0.1) is 0 Å². The van der Waals surface area contributed by atoms with Crippen LogP contribution in [0.25, 0.3) is 9.44 Å². The summed E-state index contributed by atoms with van der Waals surface area (Å²) in [6, 6.07) is 21.5. The molecule has 4 amide bonds. The minimum Gasteiger partial charge on any atom is -0.342 e. The second kappa shape index (κ2) is 20.7. The molecular formula is C30H26N12O14S8Zn.